The van der Waals surface area contributed by atoms with Crippen molar-refractivity contribution in [3.8, 4) is 11.5 Å². The fraction of sp³-hybridized carbons (Fsp3) is 0.478. The summed E-state index contributed by atoms with van der Waals surface area (Å²) in [6.07, 6.45) is 2.76. The number of ether oxygens (including phenoxy) is 2. The van der Waals surface area contributed by atoms with Gasteiger partial charge in [0, 0.05) is 5.92 Å². The van der Waals surface area contributed by atoms with Gasteiger partial charge in [-0.15, -0.1) is 0 Å². The van der Waals surface area contributed by atoms with Gasteiger partial charge in [-0.1, -0.05) is 17.7 Å². The molecule has 1 aromatic carbocycles. The van der Waals surface area contributed by atoms with Crippen LogP contribution in [0, 0.1) is 5.92 Å². The van der Waals surface area contributed by atoms with Gasteiger partial charge in [-0.25, -0.2) is 0 Å². The number of allylic oxidation sites excluding steroid dienone is 2. The summed E-state index contributed by atoms with van der Waals surface area (Å²) in [5.41, 5.74) is 5.29. The van der Waals surface area contributed by atoms with Crippen molar-refractivity contribution < 1.29 is 24.2 Å². The summed E-state index contributed by atoms with van der Waals surface area (Å²) in [7, 11) is 0. The zero-order valence-electron chi connectivity index (χ0n) is 17.0. The Labute approximate surface area is 169 Å². The summed E-state index contributed by atoms with van der Waals surface area (Å²) in [5, 5.41) is 10.3. The van der Waals surface area contributed by atoms with Crippen LogP contribution in [0.25, 0.3) is 0 Å². The minimum absolute atomic E-state index is 0.122. The SMILES string of the molecule is CC(C)=CCC1=C2C(=O)c3c(O)cccc3OC23C2CC(N)C(=O)C13OC2(C)C. The molecule has 152 valence electrons. The predicted octanol–water partition coefficient (Wildman–Crippen LogP) is 2.84. The molecule has 3 N–H and O–H groups in total. The fourth-order valence-electron chi connectivity index (χ4n) is 5.89. The zero-order chi connectivity index (χ0) is 20.9. The zero-order valence-corrected chi connectivity index (χ0v) is 17.0. The van der Waals surface area contributed by atoms with Gasteiger partial charge in [-0.05, 0) is 58.2 Å². The smallest absolute Gasteiger partial charge is 0.200 e. The van der Waals surface area contributed by atoms with E-state index < -0.39 is 22.8 Å². The minimum Gasteiger partial charge on any atom is -0.507 e. The number of benzene rings is 1. The van der Waals surface area contributed by atoms with Crippen LogP contribution in [0.3, 0.4) is 0 Å². The fourth-order valence-corrected chi connectivity index (χ4v) is 5.89. The first-order valence-electron chi connectivity index (χ1n) is 10.0. The first-order valence-corrected chi connectivity index (χ1v) is 10.0. The maximum absolute atomic E-state index is 13.6. The third-order valence-electron chi connectivity index (χ3n) is 6.98. The number of Topliss-reactive ketones (excluding diaryl/α,β-unsaturated/α-hetero) is 2. The summed E-state index contributed by atoms with van der Waals surface area (Å²) in [6, 6.07) is 4.10. The van der Waals surface area contributed by atoms with Gasteiger partial charge in [0.05, 0.1) is 17.2 Å². The van der Waals surface area contributed by atoms with Gasteiger partial charge >= 0.3 is 0 Å². The number of hydrogen-bond acceptors (Lipinski definition) is 6. The number of phenolic OH excluding ortho intramolecular Hbond substituents is 1. The number of carbonyl (C=O) groups excluding carboxylic acids is 2. The van der Waals surface area contributed by atoms with E-state index in [1.54, 1.807) is 12.1 Å². The number of fused-ring (bicyclic) bond motifs is 1. The second-order valence-electron chi connectivity index (χ2n) is 9.30. The third-order valence-corrected chi connectivity index (χ3v) is 6.98. The predicted molar refractivity (Wildman–Crippen MR) is 106 cm³/mol. The van der Waals surface area contributed by atoms with Crippen LogP contribution >= 0.6 is 0 Å². The molecule has 4 atom stereocenters. The summed E-state index contributed by atoms with van der Waals surface area (Å²) < 4.78 is 13.0. The van der Waals surface area contributed by atoms with E-state index in [1.807, 2.05) is 33.8 Å². The summed E-state index contributed by atoms with van der Waals surface area (Å²) in [6.45, 7) is 7.79. The number of aromatic hydroxyl groups is 1. The lowest BCUT2D eigenvalue weighted by atomic mass is 9.47. The second-order valence-corrected chi connectivity index (χ2v) is 9.30. The summed E-state index contributed by atoms with van der Waals surface area (Å²) in [4.78, 5) is 27.1. The maximum atomic E-state index is 13.6. The Morgan fingerprint density at radius 3 is 2.72 bits per heavy atom. The molecule has 1 aromatic rings. The molecule has 0 radical (unpaired) electrons. The second kappa shape index (κ2) is 5.37. The molecular weight excluding hydrogens is 370 g/mol. The molecule has 0 amide bonds. The molecule has 4 aliphatic rings. The van der Waals surface area contributed by atoms with E-state index in [1.165, 1.54) is 6.07 Å². The lowest BCUT2D eigenvalue weighted by Crippen LogP contribution is -2.78. The van der Waals surface area contributed by atoms with Crippen molar-refractivity contribution in [3.63, 3.8) is 0 Å². The highest BCUT2D eigenvalue weighted by molar-refractivity contribution is 6.21. The van der Waals surface area contributed by atoms with E-state index in [0.29, 0.717) is 29.7 Å². The van der Waals surface area contributed by atoms with Crippen LogP contribution in [0.1, 0.15) is 50.9 Å². The van der Waals surface area contributed by atoms with Gasteiger partial charge in [-0.3, -0.25) is 9.59 Å². The van der Waals surface area contributed by atoms with Crippen molar-refractivity contribution in [1.82, 2.24) is 0 Å². The standard InChI is InChI=1S/C23H25NO5/c1-11(2)8-9-12-18-19(26)17-14(25)6-5-7-15(17)28-23(18)16-10-13(24)20(27)22(12,23)29-21(16,3)4/h5-8,13,16,25H,9-10,24H2,1-4H3. The Bertz CT molecular complexity index is 1050. The van der Waals surface area contributed by atoms with E-state index in [9.17, 15) is 14.7 Å². The van der Waals surface area contributed by atoms with E-state index in [4.69, 9.17) is 15.2 Å². The molecule has 6 nitrogen and oxygen atoms in total. The average Bonchev–Trinajstić information content (AvgIpc) is 2.71. The van der Waals surface area contributed by atoms with E-state index in [2.05, 4.69) is 0 Å². The highest BCUT2D eigenvalue weighted by Gasteiger charge is 2.86. The lowest BCUT2D eigenvalue weighted by molar-refractivity contribution is -0.167. The van der Waals surface area contributed by atoms with Crippen molar-refractivity contribution >= 4 is 11.6 Å². The summed E-state index contributed by atoms with van der Waals surface area (Å²) >= 11 is 0. The summed E-state index contributed by atoms with van der Waals surface area (Å²) in [5.74, 6) is -0.598. The highest BCUT2D eigenvalue weighted by atomic mass is 16.6. The molecule has 6 heteroatoms. The van der Waals surface area contributed by atoms with Gasteiger partial charge in [0.15, 0.2) is 17.0 Å². The van der Waals surface area contributed by atoms with Gasteiger partial charge in [0.25, 0.3) is 0 Å². The monoisotopic (exact) mass is 395 g/mol. The first kappa shape index (κ1) is 18.6. The molecule has 5 rings (SSSR count). The van der Waals surface area contributed by atoms with Crippen LogP contribution < -0.4 is 10.5 Å². The highest BCUT2D eigenvalue weighted by Crippen LogP contribution is 2.71. The van der Waals surface area contributed by atoms with Crippen LogP contribution in [-0.2, 0) is 9.53 Å². The molecule has 0 aromatic heterocycles. The first-order chi connectivity index (χ1) is 13.6. The Balaban J connectivity index is 1.83. The van der Waals surface area contributed by atoms with Crippen LogP contribution in [0.5, 0.6) is 11.5 Å². The number of carbonyl (C=O) groups is 2. The van der Waals surface area contributed by atoms with Crippen LogP contribution in [0.15, 0.2) is 41.0 Å². The topological polar surface area (TPSA) is 98.9 Å². The molecular formula is C23H25NO5. The number of rotatable bonds is 2. The molecule has 2 heterocycles. The lowest BCUT2D eigenvalue weighted by Gasteiger charge is -2.60. The van der Waals surface area contributed by atoms with Crippen molar-refractivity contribution in [2.24, 2.45) is 11.7 Å². The molecule has 4 unspecified atom stereocenters. The van der Waals surface area contributed by atoms with Crippen molar-refractivity contribution in [1.29, 1.82) is 0 Å². The van der Waals surface area contributed by atoms with Gasteiger partial charge in [-0.2, -0.15) is 0 Å². The molecule has 2 fully saturated rings. The average molecular weight is 395 g/mol. The van der Waals surface area contributed by atoms with Gasteiger partial charge < -0.3 is 20.3 Å². The number of ketones is 2. The number of nitrogens with two attached hydrogens (primary N) is 1. The molecule has 29 heavy (non-hydrogen) atoms. The number of phenols is 1. The van der Waals surface area contributed by atoms with E-state index >= 15 is 0 Å². The minimum atomic E-state index is -1.36. The van der Waals surface area contributed by atoms with Crippen LogP contribution in [0.4, 0.5) is 0 Å². The maximum Gasteiger partial charge on any atom is 0.200 e. The Morgan fingerprint density at radius 2 is 2.03 bits per heavy atom. The third kappa shape index (κ3) is 1.89. The van der Waals surface area contributed by atoms with Crippen molar-refractivity contribution in [2.45, 2.75) is 63.4 Å². The quantitative estimate of drug-likeness (QED) is 0.747. The van der Waals surface area contributed by atoms with Crippen LogP contribution in [-0.4, -0.2) is 39.5 Å². The normalized spacial score (nSPS) is 35.9. The Kier molecular flexibility index (Phi) is 3.44. The van der Waals surface area contributed by atoms with Crippen LogP contribution in [0.2, 0.25) is 0 Å². The molecule has 2 aliphatic heterocycles. The van der Waals surface area contributed by atoms with E-state index in [-0.39, 0.29) is 28.8 Å². The van der Waals surface area contributed by atoms with Gasteiger partial charge in [0.2, 0.25) is 5.78 Å². The molecule has 2 aliphatic carbocycles. The largest absolute Gasteiger partial charge is 0.507 e. The molecule has 1 spiro atoms. The molecule has 1 saturated heterocycles. The molecule has 2 bridgehead atoms. The molecule has 1 saturated carbocycles. The Morgan fingerprint density at radius 1 is 1.31 bits per heavy atom. The van der Waals surface area contributed by atoms with Crippen molar-refractivity contribution in [3.05, 3.63) is 46.6 Å². The Hall–Kier alpha value is -2.44. The number of hydrogen-bond donors (Lipinski definition) is 2. The van der Waals surface area contributed by atoms with Gasteiger partial charge in [0.1, 0.15) is 17.1 Å². The van der Waals surface area contributed by atoms with Crippen molar-refractivity contribution in [2.75, 3.05) is 0 Å². The van der Waals surface area contributed by atoms with E-state index in [0.717, 1.165) is 5.57 Å².